The van der Waals surface area contributed by atoms with Gasteiger partial charge in [-0.2, -0.15) is 0 Å². The van der Waals surface area contributed by atoms with Crippen molar-refractivity contribution in [3.05, 3.63) is 66.5 Å². The summed E-state index contributed by atoms with van der Waals surface area (Å²) in [7, 11) is 4.10. The maximum atomic E-state index is 6.24. The molecule has 4 rings (SSSR count). The molecule has 2 N–H and O–H groups in total. The molecule has 1 saturated heterocycles. The molecule has 1 aliphatic heterocycles. The third kappa shape index (κ3) is 4.16. The molecule has 0 radical (unpaired) electrons. The van der Waals surface area contributed by atoms with Crippen LogP contribution < -0.4 is 10.2 Å². The Balaban J connectivity index is 1.35. The van der Waals surface area contributed by atoms with Crippen LogP contribution in [0.15, 0.2) is 66.1 Å². The molecule has 0 unspecified atom stereocenters. The van der Waals surface area contributed by atoms with Crippen molar-refractivity contribution in [2.24, 2.45) is 0 Å². The fourth-order valence-corrected chi connectivity index (χ4v) is 4.08. The summed E-state index contributed by atoms with van der Waals surface area (Å²) >= 11 is 1.69. The van der Waals surface area contributed by atoms with Crippen LogP contribution in [0.2, 0.25) is 0 Å². The van der Waals surface area contributed by atoms with E-state index in [4.69, 9.17) is 4.74 Å². The van der Waals surface area contributed by atoms with Gasteiger partial charge in [0.1, 0.15) is 19.0 Å². The van der Waals surface area contributed by atoms with E-state index in [1.165, 1.54) is 11.3 Å². The van der Waals surface area contributed by atoms with Crippen LogP contribution in [0.3, 0.4) is 0 Å². The van der Waals surface area contributed by atoms with Crippen LogP contribution in [-0.4, -0.2) is 47.3 Å². The van der Waals surface area contributed by atoms with Crippen LogP contribution in [0, 0.1) is 0 Å². The highest BCUT2D eigenvalue weighted by Crippen LogP contribution is 2.24. The Labute approximate surface area is 163 Å². The van der Waals surface area contributed by atoms with Gasteiger partial charge in [-0.25, -0.2) is 0 Å². The van der Waals surface area contributed by atoms with Crippen molar-refractivity contribution >= 4 is 17.4 Å². The molecule has 140 valence electrons. The number of benzene rings is 2. The average molecular weight is 383 g/mol. The first-order valence-electron chi connectivity index (χ1n) is 9.05. The maximum Gasteiger partial charge on any atom is 0.217 e. The SMILES string of the molecule is CN(C)c1ccc([C@H]2[NH2+]C[C@@H](CSc3nncn3-c3ccccc3)O2)cc1. The largest absolute Gasteiger partial charge is 0.378 e. The zero-order valence-electron chi connectivity index (χ0n) is 15.5. The highest BCUT2D eigenvalue weighted by atomic mass is 32.2. The molecular weight excluding hydrogens is 358 g/mol. The highest BCUT2D eigenvalue weighted by molar-refractivity contribution is 7.99. The van der Waals surface area contributed by atoms with E-state index in [1.54, 1.807) is 18.1 Å². The topological polar surface area (TPSA) is 59.8 Å². The summed E-state index contributed by atoms with van der Waals surface area (Å²) in [6.07, 6.45) is 2.02. The minimum atomic E-state index is 0.0683. The monoisotopic (exact) mass is 382 g/mol. The smallest absolute Gasteiger partial charge is 0.217 e. The van der Waals surface area contributed by atoms with Gasteiger partial charge in [0.05, 0.1) is 0 Å². The normalized spacial score (nSPS) is 19.3. The zero-order valence-corrected chi connectivity index (χ0v) is 16.3. The fraction of sp³-hybridized carbons (Fsp3) is 0.300. The van der Waals surface area contributed by atoms with Crippen molar-refractivity contribution in [1.29, 1.82) is 0 Å². The van der Waals surface area contributed by atoms with Gasteiger partial charge in [-0.3, -0.25) is 4.57 Å². The maximum absolute atomic E-state index is 6.24. The van der Waals surface area contributed by atoms with Crippen molar-refractivity contribution in [3.63, 3.8) is 0 Å². The zero-order chi connectivity index (χ0) is 18.6. The molecule has 3 aromatic rings. The van der Waals surface area contributed by atoms with E-state index in [1.807, 2.05) is 22.8 Å². The van der Waals surface area contributed by atoms with Crippen LogP contribution in [0.1, 0.15) is 11.8 Å². The molecule has 0 saturated carbocycles. The summed E-state index contributed by atoms with van der Waals surface area (Å²) in [5, 5.41) is 11.5. The molecule has 7 heteroatoms. The second-order valence-electron chi connectivity index (χ2n) is 6.77. The molecule has 1 aromatic heterocycles. The summed E-state index contributed by atoms with van der Waals surface area (Å²) in [5.74, 6) is 0.855. The van der Waals surface area contributed by atoms with E-state index >= 15 is 0 Å². The number of aromatic nitrogens is 3. The summed E-state index contributed by atoms with van der Waals surface area (Å²) < 4.78 is 8.26. The molecule has 1 aliphatic rings. The minimum Gasteiger partial charge on any atom is -0.378 e. The van der Waals surface area contributed by atoms with E-state index in [-0.39, 0.29) is 12.3 Å². The Kier molecular flexibility index (Phi) is 5.42. The van der Waals surface area contributed by atoms with Gasteiger partial charge in [-0.15, -0.1) is 10.2 Å². The Bertz CT molecular complexity index is 866. The minimum absolute atomic E-state index is 0.0683. The second kappa shape index (κ2) is 8.12. The van der Waals surface area contributed by atoms with Crippen LogP contribution >= 0.6 is 11.8 Å². The number of rotatable bonds is 6. The first kappa shape index (κ1) is 18.0. The lowest BCUT2D eigenvalue weighted by molar-refractivity contribution is -0.697. The van der Waals surface area contributed by atoms with Crippen LogP contribution in [-0.2, 0) is 4.74 Å². The van der Waals surface area contributed by atoms with E-state index in [0.717, 1.165) is 23.1 Å². The third-order valence-corrected chi connectivity index (χ3v) is 5.71. The van der Waals surface area contributed by atoms with Crippen molar-refractivity contribution < 1.29 is 10.1 Å². The van der Waals surface area contributed by atoms with Gasteiger partial charge in [-0.1, -0.05) is 30.0 Å². The number of quaternary nitrogens is 1. The number of hydrogen-bond donors (Lipinski definition) is 1. The number of para-hydroxylation sites is 1. The van der Waals surface area contributed by atoms with Crippen LogP contribution in [0.25, 0.3) is 5.69 Å². The van der Waals surface area contributed by atoms with Gasteiger partial charge in [0.25, 0.3) is 0 Å². The van der Waals surface area contributed by atoms with E-state index in [2.05, 4.69) is 70.9 Å². The predicted molar refractivity (Wildman–Crippen MR) is 107 cm³/mol. The molecule has 2 atom stereocenters. The van der Waals surface area contributed by atoms with Gasteiger partial charge in [0.2, 0.25) is 6.23 Å². The third-order valence-electron chi connectivity index (χ3n) is 4.64. The molecule has 0 aliphatic carbocycles. The Morgan fingerprint density at radius 3 is 2.67 bits per heavy atom. The summed E-state index contributed by atoms with van der Waals surface area (Å²) in [4.78, 5) is 2.10. The van der Waals surface area contributed by atoms with E-state index < -0.39 is 0 Å². The van der Waals surface area contributed by atoms with Gasteiger partial charge in [0, 0.05) is 36.8 Å². The fourth-order valence-electron chi connectivity index (χ4n) is 3.13. The number of nitrogens with two attached hydrogens (primary N) is 1. The van der Waals surface area contributed by atoms with Crippen molar-refractivity contribution in [1.82, 2.24) is 14.8 Å². The molecule has 0 spiro atoms. The Morgan fingerprint density at radius 1 is 1.15 bits per heavy atom. The van der Waals surface area contributed by atoms with Gasteiger partial charge < -0.3 is 15.0 Å². The predicted octanol–water partition coefficient (Wildman–Crippen LogP) is 2.09. The van der Waals surface area contributed by atoms with Gasteiger partial charge in [-0.05, 0) is 36.4 Å². The molecule has 0 bridgehead atoms. The standard InChI is InChI=1S/C20H23N5OS/c1-24(2)16-10-8-15(9-11-16)19-21-12-18(26-19)13-27-20-23-22-14-25(20)17-6-4-3-5-7-17/h3-11,14,18-19,21H,12-13H2,1-2H3/p+1/t18-,19-/m0/s1. The lowest BCUT2D eigenvalue weighted by Gasteiger charge is -2.14. The number of anilines is 1. The lowest BCUT2D eigenvalue weighted by atomic mass is 10.2. The van der Waals surface area contributed by atoms with E-state index in [9.17, 15) is 0 Å². The first-order valence-corrected chi connectivity index (χ1v) is 10.0. The Morgan fingerprint density at radius 2 is 1.93 bits per heavy atom. The molecule has 2 aromatic carbocycles. The summed E-state index contributed by atoms with van der Waals surface area (Å²) in [5.41, 5.74) is 3.48. The van der Waals surface area contributed by atoms with Gasteiger partial charge in [0.15, 0.2) is 5.16 Å². The lowest BCUT2D eigenvalue weighted by Crippen LogP contribution is -2.82. The van der Waals surface area contributed by atoms with Crippen molar-refractivity contribution in [3.8, 4) is 5.69 Å². The first-order chi connectivity index (χ1) is 13.2. The summed E-state index contributed by atoms with van der Waals surface area (Å²) in [6.45, 7) is 0.951. The quantitative estimate of drug-likeness (QED) is 0.662. The van der Waals surface area contributed by atoms with E-state index in [0.29, 0.717) is 0 Å². The van der Waals surface area contributed by atoms with Crippen molar-refractivity contribution in [2.75, 3.05) is 31.3 Å². The second-order valence-corrected chi connectivity index (χ2v) is 7.75. The number of thioether (sulfide) groups is 1. The molecule has 6 nitrogen and oxygen atoms in total. The number of hydrogen-bond acceptors (Lipinski definition) is 5. The molecular formula is C20H24N5OS+. The van der Waals surface area contributed by atoms with Gasteiger partial charge >= 0.3 is 0 Å². The molecule has 27 heavy (non-hydrogen) atoms. The molecule has 1 fully saturated rings. The van der Waals surface area contributed by atoms with Crippen LogP contribution in [0.4, 0.5) is 5.69 Å². The number of ether oxygens (including phenoxy) is 1. The average Bonchev–Trinajstić information content (AvgIpc) is 3.36. The Hall–Kier alpha value is -2.35. The molecule has 0 amide bonds. The molecule has 2 heterocycles. The highest BCUT2D eigenvalue weighted by Gasteiger charge is 2.30. The van der Waals surface area contributed by atoms with Crippen molar-refractivity contribution in [2.45, 2.75) is 17.5 Å². The number of nitrogens with zero attached hydrogens (tertiary/aromatic N) is 4. The summed E-state index contributed by atoms with van der Waals surface area (Å²) in [6, 6.07) is 18.7. The van der Waals surface area contributed by atoms with Crippen LogP contribution in [0.5, 0.6) is 0 Å².